The first-order chi connectivity index (χ1) is 15.3. The van der Waals surface area contributed by atoms with E-state index in [1.54, 1.807) is 24.3 Å². The SMILES string of the molecule is CC(CCCBr)N(c1cc(Cl)ccc1COC1CCCCO1)S(=O)(=O)c1ccc(Cl)cc1. The van der Waals surface area contributed by atoms with Gasteiger partial charge in [-0.1, -0.05) is 45.2 Å². The molecule has 2 unspecified atom stereocenters. The number of halogens is 3. The highest BCUT2D eigenvalue weighted by atomic mass is 79.9. The second-order valence-corrected chi connectivity index (χ2v) is 11.3. The van der Waals surface area contributed by atoms with Crippen LogP contribution in [0.15, 0.2) is 47.4 Å². The van der Waals surface area contributed by atoms with E-state index in [1.807, 2.05) is 13.0 Å². The Balaban J connectivity index is 1.99. The topological polar surface area (TPSA) is 55.8 Å². The fraction of sp³-hybridized carbons (Fsp3) is 0.478. The van der Waals surface area contributed by atoms with Crippen LogP contribution in [0.2, 0.25) is 10.0 Å². The van der Waals surface area contributed by atoms with Crippen LogP contribution < -0.4 is 4.31 Å². The lowest BCUT2D eigenvalue weighted by Crippen LogP contribution is -2.39. The summed E-state index contributed by atoms with van der Waals surface area (Å²) in [7, 11) is -3.87. The molecule has 0 aromatic heterocycles. The summed E-state index contributed by atoms with van der Waals surface area (Å²) in [5, 5.41) is 1.73. The summed E-state index contributed by atoms with van der Waals surface area (Å²) < 4.78 is 40.7. The molecule has 0 amide bonds. The molecule has 2 aromatic carbocycles. The fourth-order valence-electron chi connectivity index (χ4n) is 3.70. The van der Waals surface area contributed by atoms with Crippen molar-refractivity contribution in [3.8, 4) is 0 Å². The highest BCUT2D eigenvalue weighted by molar-refractivity contribution is 9.09. The predicted molar refractivity (Wildman–Crippen MR) is 133 cm³/mol. The van der Waals surface area contributed by atoms with Crippen LogP contribution in [0.25, 0.3) is 0 Å². The van der Waals surface area contributed by atoms with Crippen molar-refractivity contribution in [1.29, 1.82) is 0 Å². The minimum Gasteiger partial charge on any atom is -0.353 e. The molecule has 1 saturated heterocycles. The average Bonchev–Trinajstić information content (AvgIpc) is 2.78. The van der Waals surface area contributed by atoms with E-state index in [4.69, 9.17) is 32.7 Å². The molecule has 2 aromatic rings. The maximum Gasteiger partial charge on any atom is 0.264 e. The van der Waals surface area contributed by atoms with E-state index in [-0.39, 0.29) is 23.8 Å². The molecule has 2 atom stereocenters. The first-order valence-corrected chi connectivity index (χ1v) is 14.0. The van der Waals surface area contributed by atoms with Crippen molar-refractivity contribution in [2.75, 3.05) is 16.2 Å². The average molecular weight is 565 g/mol. The molecule has 5 nitrogen and oxygen atoms in total. The standard InChI is InChI=1S/C23H28BrCl2NO4S/c1-17(5-4-13-24)27(32(28,29)21-11-9-19(25)10-12-21)22-15-20(26)8-7-18(22)16-31-23-6-2-3-14-30-23/h7-12,15,17,23H,2-6,13-14,16H2,1H3. The van der Waals surface area contributed by atoms with Crippen LogP contribution >= 0.6 is 39.1 Å². The Hall–Kier alpha value is -0.830. The second-order valence-electron chi connectivity index (χ2n) is 7.82. The third-order valence-electron chi connectivity index (χ3n) is 5.37. The molecule has 1 aliphatic rings. The van der Waals surface area contributed by atoms with Gasteiger partial charge in [-0.05, 0) is 75.4 Å². The third-order valence-corrected chi connectivity index (χ3v) is 8.36. The molecule has 0 radical (unpaired) electrons. The minimum atomic E-state index is -3.87. The number of ether oxygens (including phenoxy) is 2. The maximum absolute atomic E-state index is 13.8. The largest absolute Gasteiger partial charge is 0.353 e. The number of sulfonamides is 1. The number of alkyl halides is 1. The Bertz CT molecular complexity index is 982. The summed E-state index contributed by atoms with van der Waals surface area (Å²) in [6, 6.07) is 11.2. The van der Waals surface area contributed by atoms with Gasteiger partial charge in [-0.2, -0.15) is 0 Å². The zero-order chi connectivity index (χ0) is 23.1. The number of hydrogen-bond acceptors (Lipinski definition) is 4. The molecule has 1 aliphatic heterocycles. The predicted octanol–water partition coefficient (Wildman–Crippen LogP) is 6.80. The van der Waals surface area contributed by atoms with Crippen LogP contribution in [0.3, 0.4) is 0 Å². The zero-order valence-electron chi connectivity index (χ0n) is 18.0. The van der Waals surface area contributed by atoms with Crippen molar-refractivity contribution in [2.45, 2.75) is 62.9 Å². The highest BCUT2D eigenvalue weighted by Gasteiger charge is 2.31. The summed E-state index contributed by atoms with van der Waals surface area (Å²) in [5.41, 5.74) is 1.26. The van der Waals surface area contributed by atoms with Crippen LogP contribution in [0.5, 0.6) is 0 Å². The normalized spacial score (nSPS) is 17.8. The van der Waals surface area contributed by atoms with Crippen LogP contribution in [0.1, 0.15) is 44.6 Å². The van der Waals surface area contributed by atoms with Gasteiger partial charge in [-0.25, -0.2) is 8.42 Å². The number of hydrogen-bond donors (Lipinski definition) is 0. The number of rotatable bonds is 10. The molecule has 0 saturated carbocycles. The van der Waals surface area contributed by atoms with Gasteiger partial charge in [0.05, 0.1) is 17.2 Å². The second kappa shape index (κ2) is 12.0. The van der Waals surface area contributed by atoms with E-state index in [1.165, 1.54) is 16.4 Å². The van der Waals surface area contributed by atoms with Gasteiger partial charge in [0.15, 0.2) is 6.29 Å². The smallest absolute Gasteiger partial charge is 0.264 e. The summed E-state index contributed by atoms with van der Waals surface area (Å²) >= 11 is 15.8. The summed E-state index contributed by atoms with van der Waals surface area (Å²) in [4.78, 5) is 0.176. The van der Waals surface area contributed by atoms with E-state index in [2.05, 4.69) is 15.9 Å². The van der Waals surface area contributed by atoms with Crippen molar-refractivity contribution in [3.63, 3.8) is 0 Å². The van der Waals surface area contributed by atoms with Crippen LogP contribution in [-0.2, 0) is 26.1 Å². The molecule has 1 fully saturated rings. The van der Waals surface area contributed by atoms with E-state index < -0.39 is 10.0 Å². The molecule has 0 bridgehead atoms. The molecule has 0 N–H and O–H groups in total. The Labute approximate surface area is 209 Å². The van der Waals surface area contributed by atoms with Gasteiger partial charge < -0.3 is 9.47 Å². The Morgan fingerprint density at radius 2 is 1.88 bits per heavy atom. The number of anilines is 1. The van der Waals surface area contributed by atoms with Crippen molar-refractivity contribution in [1.82, 2.24) is 0 Å². The molecule has 176 valence electrons. The summed E-state index contributed by atoms with van der Waals surface area (Å²) in [5.74, 6) is 0. The van der Waals surface area contributed by atoms with Crippen LogP contribution in [-0.4, -0.2) is 32.7 Å². The van der Waals surface area contributed by atoms with Crippen molar-refractivity contribution < 1.29 is 17.9 Å². The molecule has 0 spiro atoms. The molecule has 32 heavy (non-hydrogen) atoms. The first-order valence-electron chi connectivity index (χ1n) is 10.7. The number of nitrogens with zero attached hydrogens (tertiary/aromatic N) is 1. The molecule has 0 aliphatic carbocycles. The van der Waals surface area contributed by atoms with Crippen LogP contribution in [0, 0.1) is 0 Å². The molecule has 3 rings (SSSR count). The number of benzene rings is 2. The van der Waals surface area contributed by atoms with E-state index in [9.17, 15) is 8.42 Å². The zero-order valence-corrected chi connectivity index (χ0v) is 21.9. The van der Waals surface area contributed by atoms with E-state index in [0.29, 0.717) is 28.8 Å². The van der Waals surface area contributed by atoms with Gasteiger partial charge in [0.2, 0.25) is 0 Å². The van der Waals surface area contributed by atoms with Gasteiger partial charge >= 0.3 is 0 Å². The van der Waals surface area contributed by atoms with Crippen molar-refractivity contribution in [3.05, 3.63) is 58.1 Å². The summed E-state index contributed by atoms with van der Waals surface area (Å²) in [6.45, 7) is 2.82. The Morgan fingerprint density at radius 3 is 2.53 bits per heavy atom. The monoisotopic (exact) mass is 563 g/mol. The van der Waals surface area contributed by atoms with Gasteiger partial charge in [0, 0.05) is 33.6 Å². The maximum atomic E-state index is 13.8. The summed E-state index contributed by atoms with van der Waals surface area (Å²) in [6.07, 6.45) is 4.15. The molecular formula is C23H28BrCl2NO4S. The third kappa shape index (κ3) is 6.61. The Kier molecular flexibility index (Phi) is 9.70. The Morgan fingerprint density at radius 1 is 1.16 bits per heavy atom. The molecule has 9 heteroatoms. The lowest BCUT2D eigenvalue weighted by Gasteiger charge is -2.33. The quantitative estimate of drug-likeness (QED) is 0.298. The van der Waals surface area contributed by atoms with Crippen molar-refractivity contribution >= 4 is 54.8 Å². The van der Waals surface area contributed by atoms with Gasteiger partial charge in [-0.15, -0.1) is 0 Å². The highest BCUT2D eigenvalue weighted by Crippen LogP contribution is 2.34. The van der Waals surface area contributed by atoms with Gasteiger partial charge in [0.25, 0.3) is 10.0 Å². The van der Waals surface area contributed by atoms with Crippen molar-refractivity contribution in [2.24, 2.45) is 0 Å². The van der Waals surface area contributed by atoms with E-state index >= 15 is 0 Å². The molecular weight excluding hydrogens is 537 g/mol. The lowest BCUT2D eigenvalue weighted by atomic mass is 10.1. The lowest BCUT2D eigenvalue weighted by molar-refractivity contribution is -0.168. The molecule has 1 heterocycles. The van der Waals surface area contributed by atoms with Gasteiger partial charge in [-0.3, -0.25) is 4.31 Å². The fourth-order valence-corrected chi connectivity index (χ4v) is 6.03. The first kappa shape index (κ1) is 25.8. The van der Waals surface area contributed by atoms with Crippen LogP contribution in [0.4, 0.5) is 5.69 Å². The van der Waals surface area contributed by atoms with E-state index in [0.717, 1.165) is 36.6 Å². The minimum absolute atomic E-state index is 0.176. The van der Waals surface area contributed by atoms with Gasteiger partial charge in [0.1, 0.15) is 0 Å².